The monoisotopic (exact) mass is 280 g/mol. The number of hydrogen-bond acceptors (Lipinski definition) is 6. The molecule has 102 valence electrons. The van der Waals surface area contributed by atoms with Crippen LogP contribution in [0.2, 0.25) is 0 Å². The van der Waals surface area contributed by atoms with Gasteiger partial charge in [-0.1, -0.05) is 11.3 Å². The summed E-state index contributed by atoms with van der Waals surface area (Å²) >= 11 is 1.33. The lowest BCUT2D eigenvalue weighted by Crippen LogP contribution is -2.24. The Morgan fingerprint density at radius 1 is 1.47 bits per heavy atom. The molecule has 0 aromatic carbocycles. The lowest BCUT2D eigenvalue weighted by molar-refractivity contribution is -0.117. The molecule has 2 aromatic heterocycles. The van der Waals surface area contributed by atoms with Gasteiger partial charge in [-0.2, -0.15) is 5.10 Å². The number of carbonyl (C=O) groups excluding carboxylic acids is 1. The van der Waals surface area contributed by atoms with Crippen LogP contribution < -0.4 is 11.5 Å². The molecule has 4 N–H and O–H groups in total. The van der Waals surface area contributed by atoms with E-state index in [9.17, 15) is 4.79 Å². The number of carbonyl (C=O) groups is 1. The number of rotatable bonds is 3. The van der Waals surface area contributed by atoms with Gasteiger partial charge in [-0.05, 0) is 20.8 Å². The molecule has 0 spiro atoms. The highest BCUT2D eigenvalue weighted by atomic mass is 32.1. The van der Waals surface area contributed by atoms with Crippen LogP contribution in [0.1, 0.15) is 26.6 Å². The predicted octanol–water partition coefficient (Wildman–Crippen LogP) is 0.767. The molecule has 7 nitrogen and oxygen atoms in total. The van der Waals surface area contributed by atoms with Crippen molar-refractivity contribution in [1.29, 1.82) is 0 Å². The van der Waals surface area contributed by atoms with Crippen molar-refractivity contribution in [3.05, 3.63) is 12.0 Å². The molecule has 0 aliphatic carbocycles. The summed E-state index contributed by atoms with van der Waals surface area (Å²) in [5.41, 5.74) is 10.5. The van der Waals surface area contributed by atoms with E-state index >= 15 is 0 Å². The molecule has 0 atom stereocenters. The number of amides is 1. The Morgan fingerprint density at radius 3 is 2.63 bits per heavy atom. The average Bonchev–Trinajstić information content (AvgIpc) is 2.82. The minimum atomic E-state index is -0.457. The molecular weight excluding hydrogens is 264 g/mol. The highest BCUT2D eigenvalue weighted by Crippen LogP contribution is 2.29. The van der Waals surface area contributed by atoms with Crippen molar-refractivity contribution < 1.29 is 4.79 Å². The first-order valence-electron chi connectivity index (χ1n) is 5.74. The van der Waals surface area contributed by atoms with E-state index < -0.39 is 5.91 Å². The van der Waals surface area contributed by atoms with Gasteiger partial charge in [0.2, 0.25) is 5.91 Å². The summed E-state index contributed by atoms with van der Waals surface area (Å²) in [6.07, 6.45) is 1.67. The average molecular weight is 280 g/mol. The fourth-order valence-corrected chi connectivity index (χ4v) is 2.26. The van der Waals surface area contributed by atoms with Crippen LogP contribution in [0.3, 0.4) is 0 Å². The van der Waals surface area contributed by atoms with E-state index in [0.29, 0.717) is 16.8 Å². The minimum Gasteiger partial charge on any atom is -0.375 e. The summed E-state index contributed by atoms with van der Waals surface area (Å²) in [5, 5.41) is 4.82. The van der Waals surface area contributed by atoms with Gasteiger partial charge in [0, 0.05) is 0 Å². The van der Waals surface area contributed by atoms with Crippen molar-refractivity contribution in [2.24, 2.45) is 5.73 Å². The minimum absolute atomic E-state index is 0.0182. The van der Waals surface area contributed by atoms with Gasteiger partial charge in [0.1, 0.15) is 0 Å². The number of nitrogen functional groups attached to an aromatic ring is 1. The van der Waals surface area contributed by atoms with Gasteiger partial charge in [0.05, 0.1) is 23.0 Å². The van der Waals surface area contributed by atoms with Gasteiger partial charge >= 0.3 is 0 Å². The van der Waals surface area contributed by atoms with Gasteiger partial charge in [0.25, 0.3) is 0 Å². The summed E-state index contributed by atoms with van der Waals surface area (Å²) < 4.78 is 1.76. The smallest absolute Gasteiger partial charge is 0.225 e. The van der Waals surface area contributed by atoms with Crippen molar-refractivity contribution in [2.45, 2.75) is 32.7 Å². The zero-order chi connectivity index (χ0) is 14.2. The molecule has 0 saturated carbocycles. The SMILES string of the molecule is CC(C)(C)n1nc(CC(N)=O)nc1-c1cnc(N)s1. The molecule has 0 fully saturated rings. The van der Waals surface area contributed by atoms with Crippen molar-refractivity contribution >= 4 is 22.4 Å². The third-order valence-electron chi connectivity index (χ3n) is 2.36. The fraction of sp³-hybridized carbons (Fsp3) is 0.455. The van der Waals surface area contributed by atoms with Crippen LogP contribution in [0.25, 0.3) is 10.7 Å². The van der Waals surface area contributed by atoms with Crippen LogP contribution in [-0.2, 0) is 16.8 Å². The molecule has 0 bridgehead atoms. The Hall–Kier alpha value is -1.96. The van der Waals surface area contributed by atoms with E-state index in [2.05, 4.69) is 15.1 Å². The fourth-order valence-electron chi connectivity index (χ4n) is 1.60. The van der Waals surface area contributed by atoms with Crippen LogP contribution in [0.5, 0.6) is 0 Å². The number of aromatic nitrogens is 4. The second kappa shape index (κ2) is 4.61. The van der Waals surface area contributed by atoms with Gasteiger partial charge in [-0.3, -0.25) is 4.79 Å². The van der Waals surface area contributed by atoms with Crippen molar-refractivity contribution in [2.75, 3.05) is 5.73 Å². The summed E-state index contributed by atoms with van der Waals surface area (Å²) in [7, 11) is 0. The molecule has 0 radical (unpaired) electrons. The molecule has 19 heavy (non-hydrogen) atoms. The van der Waals surface area contributed by atoms with Crippen molar-refractivity contribution in [3.8, 4) is 10.7 Å². The largest absolute Gasteiger partial charge is 0.375 e. The maximum Gasteiger partial charge on any atom is 0.225 e. The number of hydrogen-bond donors (Lipinski definition) is 2. The molecule has 0 aliphatic heterocycles. The molecule has 0 aliphatic rings. The second-order valence-electron chi connectivity index (χ2n) is 5.14. The standard InChI is InChI=1S/C11H16N6OS/c1-11(2,3)17-9(6-5-14-10(13)19-6)15-8(16-17)4-7(12)18/h5H,4H2,1-3H3,(H2,12,18)(H2,13,14). The summed E-state index contributed by atoms with van der Waals surface area (Å²) in [6.45, 7) is 6.01. The molecule has 8 heteroatoms. The van der Waals surface area contributed by atoms with E-state index in [1.54, 1.807) is 10.9 Å². The third kappa shape index (κ3) is 2.90. The first kappa shape index (κ1) is 13.5. The topological polar surface area (TPSA) is 113 Å². The van der Waals surface area contributed by atoms with Crippen LogP contribution in [0.4, 0.5) is 5.13 Å². The second-order valence-corrected chi connectivity index (χ2v) is 6.20. The number of thiazole rings is 1. The van der Waals surface area contributed by atoms with Crippen LogP contribution in [0.15, 0.2) is 6.20 Å². The summed E-state index contributed by atoms with van der Waals surface area (Å²) in [5.74, 6) is 0.601. The first-order chi connectivity index (χ1) is 8.77. The zero-order valence-corrected chi connectivity index (χ0v) is 11.9. The molecule has 0 saturated heterocycles. The van der Waals surface area contributed by atoms with Gasteiger partial charge < -0.3 is 11.5 Å². The van der Waals surface area contributed by atoms with Crippen LogP contribution in [0, 0.1) is 0 Å². The Bertz CT molecular complexity index is 609. The number of nitrogens with zero attached hydrogens (tertiary/aromatic N) is 4. The molecule has 0 unspecified atom stereocenters. The summed E-state index contributed by atoms with van der Waals surface area (Å²) in [4.78, 5) is 20.2. The van der Waals surface area contributed by atoms with Gasteiger partial charge in [-0.25, -0.2) is 14.6 Å². The van der Waals surface area contributed by atoms with Crippen molar-refractivity contribution in [3.63, 3.8) is 0 Å². The Kier molecular flexibility index (Phi) is 3.27. The third-order valence-corrected chi connectivity index (χ3v) is 3.19. The Balaban J connectivity index is 2.51. The predicted molar refractivity (Wildman–Crippen MR) is 73.4 cm³/mol. The first-order valence-corrected chi connectivity index (χ1v) is 6.55. The van der Waals surface area contributed by atoms with E-state index in [-0.39, 0.29) is 12.0 Å². The maximum absolute atomic E-state index is 11.0. The lowest BCUT2D eigenvalue weighted by atomic mass is 10.1. The molecular formula is C11H16N6OS. The van der Waals surface area contributed by atoms with E-state index in [0.717, 1.165) is 4.88 Å². The highest BCUT2D eigenvalue weighted by Gasteiger charge is 2.23. The van der Waals surface area contributed by atoms with Crippen molar-refractivity contribution in [1.82, 2.24) is 19.7 Å². The quantitative estimate of drug-likeness (QED) is 0.862. The Morgan fingerprint density at radius 2 is 2.16 bits per heavy atom. The zero-order valence-electron chi connectivity index (χ0n) is 11.0. The highest BCUT2D eigenvalue weighted by molar-refractivity contribution is 7.18. The lowest BCUT2D eigenvalue weighted by Gasteiger charge is -2.20. The maximum atomic E-state index is 11.0. The normalized spacial score (nSPS) is 11.7. The van der Waals surface area contributed by atoms with Crippen LogP contribution >= 0.6 is 11.3 Å². The number of primary amides is 1. The van der Waals surface area contributed by atoms with E-state index in [1.165, 1.54) is 11.3 Å². The number of anilines is 1. The van der Waals surface area contributed by atoms with Crippen LogP contribution in [-0.4, -0.2) is 25.7 Å². The molecule has 2 rings (SSSR count). The summed E-state index contributed by atoms with van der Waals surface area (Å²) in [6, 6.07) is 0. The number of nitrogens with two attached hydrogens (primary N) is 2. The van der Waals surface area contributed by atoms with Gasteiger partial charge in [0.15, 0.2) is 16.8 Å². The molecule has 2 aromatic rings. The Labute approximate surface area is 114 Å². The van der Waals surface area contributed by atoms with Gasteiger partial charge in [-0.15, -0.1) is 0 Å². The molecule has 1 amide bonds. The van der Waals surface area contributed by atoms with E-state index in [4.69, 9.17) is 11.5 Å². The van der Waals surface area contributed by atoms with E-state index in [1.807, 2.05) is 20.8 Å². The molecule has 2 heterocycles.